The highest BCUT2D eigenvalue weighted by molar-refractivity contribution is 6.01. The van der Waals surface area contributed by atoms with E-state index in [0.29, 0.717) is 34.5 Å². The lowest BCUT2D eigenvalue weighted by atomic mass is 9.81. The second-order valence-corrected chi connectivity index (χ2v) is 8.81. The minimum atomic E-state index is -4.57. The largest absolute Gasteiger partial charge is 0.416 e. The number of aryl methyl sites for hydroxylation is 1. The second-order valence-electron chi connectivity index (χ2n) is 8.81. The number of tetrazole rings is 1. The SMILES string of the molecule is CCC(C)(C)C(=O)c1ccc(-c2nnn(-c3cc(-c4cccnc4)cc(C(F)(F)F)c3)n2)nc1C. The lowest BCUT2D eigenvalue weighted by molar-refractivity contribution is -0.137. The van der Waals surface area contributed by atoms with Gasteiger partial charge in [0.15, 0.2) is 5.78 Å². The van der Waals surface area contributed by atoms with Crippen molar-refractivity contribution in [2.24, 2.45) is 5.41 Å². The summed E-state index contributed by atoms with van der Waals surface area (Å²) in [5.74, 6) is 0.113. The molecule has 0 bridgehead atoms. The molecular weight excluding hydrogens is 457 g/mol. The van der Waals surface area contributed by atoms with Crippen molar-refractivity contribution in [1.82, 2.24) is 30.2 Å². The van der Waals surface area contributed by atoms with Crippen LogP contribution in [0.3, 0.4) is 0 Å². The first-order valence-electron chi connectivity index (χ1n) is 11.0. The second kappa shape index (κ2) is 9.01. The molecule has 0 saturated carbocycles. The summed E-state index contributed by atoms with van der Waals surface area (Å²) in [6.07, 6.45) is -0.861. The fourth-order valence-electron chi connectivity index (χ4n) is 3.47. The summed E-state index contributed by atoms with van der Waals surface area (Å²) >= 11 is 0. The zero-order chi connectivity index (χ0) is 25.4. The van der Waals surface area contributed by atoms with E-state index in [-0.39, 0.29) is 17.3 Å². The van der Waals surface area contributed by atoms with Gasteiger partial charge >= 0.3 is 6.18 Å². The standard InChI is InChI=1S/C25H23F3N6O/c1-5-24(3,4)22(35)20-8-9-21(30-15(20)2)23-31-33-34(32-23)19-12-17(16-7-6-10-29-14-16)11-18(13-19)25(26,27)28/h6-14H,5H2,1-4H3. The molecule has 10 heteroatoms. The Morgan fingerprint density at radius 1 is 1.06 bits per heavy atom. The lowest BCUT2D eigenvalue weighted by Gasteiger charge is -2.21. The highest BCUT2D eigenvalue weighted by Gasteiger charge is 2.32. The lowest BCUT2D eigenvalue weighted by Crippen LogP contribution is -2.24. The smallest absolute Gasteiger partial charge is 0.294 e. The van der Waals surface area contributed by atoms with E-state index in [9.17, 15) is 18.0 Å². The predicted octanol–water partition coefficient (Wildman–Crippen LogP) is 5.73. The van der Waals surface area contributed by atoms with Crippen LogP contribution in [-0.4, -0.2) is 36.0 Å². The average molecular weight is 480 g/mol. The summed E-state index contributed by atoms with van der Waals surface area (Å²) in [6.45, 7) is 7.43. The maximum atomic E-state index is 13.6. The number of benzene rings is 1. The van der Waals surface area contributed by atoms with Crippen molar-refractivity contribution in [3.05, 3.63) is 71.7 Å². The van der Waals surface area contributed by atoms with E-state index in [1.165, 1.54) is 12.3 Å². The zero-order valence-electron chi connectivity index (χ0n) is 19.6. The van der Waals surface area contributed by atoms with Gasteiger partial charge in [0.2, 0.25) is 5.82 Å². The van der Waals surface area contributed by atoms with Crippen LogP contribution in [0.15, 0.2) is 54.9 Å². The van der Waals surface area contributed by atoms with E-state index in [0.717, 1.165) is 16.9 Å². The topological polar surface area (TPSA) is 86.5 Å². The Kier molecular flexibility index (Phi) is 6.23. The highest BCUT2D eigenvalue weighted by Crippen LogP contribution is 2.34. The molecule has 0 spiro atoms. The molecule has 0 saturated heterocycles. The summed E-state index contributed by atoms with van der Waals surface area (Å²) in [5.41, 5.74) is 0.943. The maximum absolute atomic E-state index is 13.6. The molecule has 0 aliphatic carbocycles. The Morgan fingerprint density at radius 2 is 1.83 bits per heavy atom. The number of rotatable bonds is 6. The van der Waals surface area contributed by atoms with E-state index >= 15 is 0 Å². The number of aromatic nitrogens is 6. The summed E-state index contributed by atoms with van der Waals surface area (Å²) < 4.78 is 40.8. The number of ketones is 1. The average Bonchev–Trinajstić information content (AvgIpc) is 3.34. The summed E-state index contributed by atoms with van der Waals surface area (Å²) in [6, 6.07) is 10.1. The number of halogens is 3. The molecule has 0 radical (unpaired) electrons. The predicted molar refractivity (Wildman–Crippen MR) is 124 cm³/mol. The molecule has 4 rings (SSSR count). The molecule has 3 heterocycles. The molecule has 0 atom stereocenters. The fraction of sp³-hybridized carbons (Fsp3) is 0.280. The summed E-state index contributed by atoms with van der Waals surface area (Å²) in [7, 11) is 0. The third-order valence-corrected chi connectivity index (χ3v) is 5.94. The van der Waals surface area contributed by atoms with Crippen LogP contribution in [0.25, 0.3) is 28.3 Å². The molecule has 4 aromatic rings. The van der Waals surface area contributed by atoms with Crippen LogP contribution >= 0.6 is 0 Å². The van der Waals surface area contributed by atoms with E-state index in [2.05, 4.69) is 25.4 Å². The van der Waals surface area contributed by atoms with E-state index in [4.69, 9.17) is 0 Å². The van der Waals surface area contributed by atoms with Crippen LogP contribution in [0.4, 0.5) is 13.2 Å². The molecule has 0 aliphatic heterocycles. The highest BCUT2D eigenvalue weighted by atomic mass is 19.4. The van der Waals surface area contributed by atoms with Crippen molar-refractivity contribution >= 4 is 5.78 Å². The molecule has 7 nitrogen and oxygen atoms in total. The molecular formula is C25H23F3N6O. The number of carbonyl (C=O) groups is 1. The van der Waals surface area contributed by atoms with Crippen molar-refractivity contribution in [3.8, 4) is 28.3 Å². The van der Waals surface area contributed by atoms with Gasteiger partial charge in [-0.15, -0.1) is 15.0 Å². The Labute approximate surface area is 200 Å². The first kappa shape index (κ1) is 24.2. The number of alkyl halides is 3. The van der Waals surface area contributed by atoms with Crippen molar-refractivity contribution in [1.29, 1.82) is 0 Å². The molecule has 3 aromatic heterocycles. The number of Topliss-reactive ketones (excluding diaryl/α,β-unsaturated/α-hetero) is 1. The number of hydrogen-bond donors (Lipinski definition) is 0. The Morgan fingerprint density at radius 3 is 2.46 bits per heavy atom. The number of hydrogen-bond acceptors (Lipinski definition) is 6. The molecule has 180 valence electrons. The number of carbonyl (C=O) groups excluding carboxylic acids is 1. The van der Waals surface area contributed by atoms with E-state index in [1.54, 1.807) is 37.4 Å². The quantitative estimate of drug-likeness (QED) is 0.328. The maximum Gasteiger partial charge on any atom is 0.416 e. The van der Waals surface area contributed by atoms with Crippen LogP contribution in [0.5, 0.6) is 0 Å². The van der Waals surface area contributed by atoms with Crippen molar-refractivity contribution in [3.63, 3.8) is 0 Å². The summed E-state index contributed by atoms with van der Waals surface area (Å²) in [4.78, 5) is 22.3. The van der Waals surface area contributed by atoms with E-state index in [1.807, 2.05) is 20.8 Å². The van der Waals surface area contributed by atoms with Gasteiger partial charge in [0.25, 0.3) is 0 Å². The molecule has 0 amide bonds. The van der Waals surface area contributed by atoms with Gasteiger partial charge in [-0.2, -0.15) is 13.2 Å². The monoisotopic (exact) mass is 480 g/mol. The fourth-order valence-corrected chi connectivity index (χ4v) is 3.47. The zero-order valence-corrected chi connectivity index (χ0v) is 19.6. The minimum absolute atomic E-state index is 0.0138. The van der Waals surface area contributed by atoms with Gasteiger partial charge in [0.1, 0.15) is 5.69 Å². The van der Waals surface area contributed by atoms with Crippen LogP contribution in [0.1, 0.15) is 48.8 Å². The molecule has 0 N–H and O–H groups in total. The third kappa shape index (κ3) is 4.96. The van der Waals surface area contributed by atoms with Gasteiger partial charge in [-0.05, 0) is 60.5 Å². The van der Waals surface area contributed by atoms with Crippen molar-refractivity contribution in [2.45, 2.75) is 40.3 Å². The van der Waals surface area contributed by atoms with Gasteiger partial charge in [-0.25, -0.2) is 4.98 Å². The molecule has 0 fully saturated rings. The molecule has 35 heavy (non-hydrogen) atoms. The summed E-state index contributed by atoms with van der Waals surface area (Å²) in [5, 5.41) is 12.2. The molecule has 1 aromatic carbocycles. The van der Waals surface area contributed by atoms with Crippen LogP contribution in [0.2, 0.25) is 0 Å². The van der Waals surface area contributed by atoms with Gasteiger partial charge in [0.05, 0.1) is 11.3 Å². The van der Waals surface area contributed by atoms with Crippen LogP contribution in [0, 0.1) is 12.3 Å². The Hall–Kier alpha value is -3.95. The third-order valence-electron chi connectivity index (χ3n) is 5.94. The van der Waals surface area contributed by atoms with Gasteiger partial charge in [-0.3, -0.25) is 9.78 Å². The number of nitrogens with zero attached hydrogens (tertiary/aromatic N) is 6. The Bertz CT molecular complexity index is 1380. The first-order valence-corrected chi connectivity index (χ1v) is 11.0. The van der Waals surface area contributed by atoms with Gasteiger partial charge in [-0.1, -0.05) is 26.8 Å². The Balaban J connectivity index is 1.72. The van der Waals surface area contributed by atoms with E-state index < -0.39 is 17.2 Å². The van der Waals surface area contributed by atoms with Crippen molar-refractivity contribution in [2.75, 3.05) is 0 Å². The minimum Gasteiger partial charge on any atom is -0.294 e. The first-order chi connectivity index (χ1) is 16.5. The van der Waals surface area contributed by atoms with Crippen molar-refractivity contribution < 1.29 is 18.0 Å². The molecule has 0 unspecified atom stereocenters. The molecule has 0 aliphatic rings. The van der Waals surface area contributed by atoms with Crippen LogP contribution in [-0.2, 0) is 6.18 Å². The van der Waals surface area contributed by atoms with Gasteiger partial charge < -0.3 is 0 Å². The van der Waals surface area contributed by atoms with Crippen LogP contribution < -0.4 is 0 Å². The van der Waals surface area contributed by atoms with Gasteiger partial charge in [0, 0.05) is 34.6 Å². The number of pyridine rings is 2. The normalized spacial score (nSPS) is 12.1.